The summed E-state index contributed by atoms with van der Waals surface area (Å²) in [5.41, 5.74) is 4.48. The fraction of sp³-hybridized carbons (Fsp3) is 0.227. The van der Waals surface area contributed by atoms with Crippen LogP contribution < -0.4 is 15.5 Å². The molecule has 0 bridgehead atoms. The Morgan fingerprint density at radius 2 is 2.00 bits per heavy atom. The van der Waals surface area contributed by atoms with Crippen LogP contribution in [0.3, 0.4) is 0 Å². The van der Waals surface area contributed by atoms with E-state index in [1.807, 2.05) is 60.3 Å². The van der Waals surface area contributed by atoms with Gasteiger partial charge in [-0.3, -0.25) is 14.4 Å². The summed E-state index contributed by atoms with van der Waals surface area (Å²) in [6, 6.07) is 15.2. The van der Waals surface area contributed by atoms with Crippen LogP contribution in [0.2, 0.25) is 0 Å². The number of aryl methyl sites for hydroxylation is 1. The minimum absolute atomic E-state index is 0.0981. The lowest BCUT2D eigenvalue weighted by Gasteiger charge is -2.18. The molecule has 1 fully saturated rings. The Morgan fingerprint density at radius 1 is 1.17 bits per heavy atom. The lowest BCUT2D eigenvalue weighted by molar-refractivity contribution is 0.0950. The number of aromatic nitrogens is 2. The molecule has 0 aliphatic carbocycles. The van der Waals surface area contributed by atoms with Crippen LogP contribution in [-0.4, -0.2) is 34.8 Å². The predicted octanol–water partition coefficient (Wildman–Crippen LogP) is 2.70. The number of urea groups is 1. The molecule has 7 heteroatoms. The molecular formula is C22H23N5O2. The maximum Gasteiger partial charge on any atom is 0.322 e. The van der Waals surface area contributed by atoms with Crippen LogP contribution in [-0.2, 0) is 13.1 Å². The average molecular weight is 389 g/mol. The molecule has 1 aliphatic rings. The Kier molecular flexibility index (Phi) is 5.29. The second-order valence-electron chi connectivity index (χ2n) is 7.04. The highest BCUT2D eigenvalue weighted by Gasteiger charge is 2.23. The van der Waals surface area contributed by atoms with Crippen molar-refractivity contribution in [1.82, 2.24) is 20.4 Å². The van der Waals surface area contributed by atoms with Gasteiger partial charge in [0, 0.05) is 43.3 Å². The zero-order chi connectivity index (χ0) is 20.2. The first kappa shape index (κ1) is 18.7. The van der Waals surface area contributed by atoms with E-state index in [4.69, 9.17) is 0 Å². The van der Waals surface area contributed by atoms with Crippen LogP contribution in [0.5, 0.6) is 0 Å². The van der Waals surface area contributed by atoms with Crippen molar-refractivity contribution in [2.45, 2.75) is 20.0 Å². The van der Waals surface area contributed by atoms with Gasteiger partial charge in [-0.05, 0) is 47.9 Å². The molecule has 1 aliphatic heterocycles. The van der Waals surface area contributed by atoms with Crippen LogP contribution in [0.25, 0.3) is 0 Å². The number of carbonyl (C=O) groups excluding carboxylic acids is 2. The number of rotatable bonds is 6. The number of hydrogen-bond acceptors (Lipinski definition) is 3. The molecule has 0 radical (unpaired) electrons. The second kappa shape index (κ2) is 8.18. The second-order valence-corrected chi connectivity index (χ2v) is 7.04. The maximum atomic E-state index is 12.7. The summed E-state index contributed by atoms with van der Waals surface area (Å²) in [5.74, 6) is -0.139. The van der Waals surface area contributed by atoms with Crippen molar-refractivity contribution < 1.29 is 9.59 Å². The number of hydrogen-bond donors (Lipinski definition) is 2. The smallest absolute Gasteiger partial charge is 0.322 e. The van der Waals surface area contributed by atoms with Gasteiger partial charge in [0.2, 0.25) is 0 Å². The molecule has 4 rings (SSSR count). The third-order valence-electron chi connectivity index (χ3n) is 5.06. The molecular weight excluding hydrogens is 366 g/mol. The van der Waals surface area contributed by atoms with Crippen molar-refractivity contribution in [3.05, 3.63) is 83.2 Å². The SMILES string of the molecule is Cc1cc(C(=O)NCc2ccccc2Cn2cccn2)ccc1N1CCNC1=O. The maximum absolute atomic E-state index is 12.7. The van der Waals surface area contributed by atoms with E-state index in [0.717, 1.165) is 22.4 Å². The largest absolute Gasteiger partial charge is 0.348 e. The number of carbonyl (C=O) groups is 2. The fourth-order valence-corrected chi connectivity index (χ4v) is 3.53. The van der Waals surface area contributed by atoms with Gasteiger partial charge in [0.15, 0.2) is 0 Å². The topological polar surface area (TPSA) is 79.3 Å². The molecule has 2 heterocycles. The minimum Gasteiger partial charge on any atom is -0.348 e. The van der Waals surface area contributed by atoms with Gasteiger partial charge in [-0.15, -0.1) is 0 Å². The van der Waals surface area contributed by atoms with Gasteiger partial charge >= 0.3 is 6.03 Å². The summed E-state index contributed by atoms with van der Waals surface area (Å²) >= 11 is 0. The van der Waals surface area contributed by atoms with Crippen molar-refractivity contribution in [3.8, 4) is 0 Å². The first-order valence-corrected chi connectivity index (χ1v) is 9.60. The number of nitrogens with zero attached hydrogens (tertiary/aromatic N) is 3. The predicted molar refractivity (Wildman–Crippen MR) is 111 cm³/mol. The first-order chi connectivity index (χ1) is 14.1. The van der Waals surface area contributed by atoms with Crippen LogP contribution >= 0.6 is 0 Å². The molecule has 148 valence electrons. The molecule has 0 atom stereocenters. The molecule has 1 saturated heterocycles. The van der Waals surface area contributed by atoms with E-state index < -0.39 is 0 Å². The summed E-state index contributed by atoms with van der Waals surface area (Å²) < 4.78 is 1.86. The van der Waals surface area contributed by atoms with Gasteiger partial charge in [0.25, 0.3) is 5.91 Å². The average Bonchev–Trinajstić information content (AvgIpc) is 3.39. The Bertz CT molecular complexity index is 1030. The van der Waals surface area contributed by atoms with E-state index in [-0.39, 0.29) is 11.9 Å². The third kappa shape index (κ3) is 4.13. The molecule has 0 spiro atoms. The summed E-state index contributed by atoms with van der Waals surface area (Å²) in [7, 11) is 0. The van der Waals surface area contributed by atoms with E-state index in [1.54, 1.807) is 17.2 Å². The molecule has 7 nitrogen and oxygen atoms in total. The van der Waals surface area contributed by atoms with Gasteiger partial charge in [-0.2, -0.15) is 5.10 Å². The van der Waals surface area contributed by atoms with E-state index in [0.29, 0.717) is 31.7 Å². The van der Waals surface area contributed by atoms with E-state index >= 15 is 0 Å². The van der Waals surface area contributed by atoms with Crippen molar-refractivity contribution in [3.63, 3.8) is 0 Å². The number of anilines is 1. The number of nitrogens with one attached hydrogen (secondary N) is 2. The molecule has 29 heavy (non-hydrogen) atoms. The van der Waals surface area contributed by atoms with Gasteiger partial charge in [-0.25, -0.2) is 4.79 Å². The fourth-order valence-electron chi connectivity index (χ4n) is 3.53. The lowest BCUT2D eigenvalue weighted by Crippen LogP contribution is -2.28. The van der Waals surface area contributed by atoms with Gasteiger partial charge < -0.3 is 10.6 Å². The minimum atomic E-state index is -0.139. The number of benzene rings is 2. The summed E-state index contributed by atoms with van der Waals surface area (Å²) in [6.45, 7) is 4.28. The zero-order valence-corrected chi connectivity index (χ0v) is 16.3. The molecule has 2 N–H and O–H groups in total. The standard InChI is InChI=1S/C22H23N5O2/c1-16-13-17(7-8-20(16)27-12-10-23-22(27)29)21(28)24-14-18-5-2-3-6-19(18)15-26-11-4-9-25-26/h2-9,11,13H,10,12,14-15H2,1H3,(H,23,29)(H,24,28). The van der Waals surface area contributed by atoms with Crippen molar-refractivity contribution >= 4 is 17.6 Å². The van der Waals surface area contributed by atoms with Crippen molar-refractivity contribution in [2.24, 2.45) is 0 Å². The lowest BCUT2D eigenvalue weighted by atomic mass is 10.1. The van der Waals surface area contributed by atoms with E-state index in [1.165, 1.54) is 0 Å². The van der Waals surface area contributed by atoms with Gasteiger partial charge in [-0.1, -0.05) is 24.3 Å². The third-order valence-corrected chi connectivity index (χ3v) is 5.06. The van der Waals surface area contributed by atoms with Crippen LogP contribution in [0.4, 0.5) is 10.5 Å². The summed E-state index contributed by atoms with van der Waals surface area (Å²) in [5, 5.41) is 10.0. The Balaban J connectivity index is 1.44. The monoisotopic (exact) mass is 389 g/mol. The highest BCUT2D eigenvalue weighted by atomic mass is 16.2. The van der Waals surface area contributed by atoms with Crippen molar-refractivity contribution in [2.75, 3.05) is 18.0 Å². The highest BCUT2D eigenvalue weighted by molar-refractivity contribution is 5.97. The first-order valence-electron chi connectivity index (χ1n) is 9.60. The van der Waals surface area contributed by atoms with Gasteiger partial charge in [0.1, 0.15) is 0 Å². The summed E-state index contributed by atoms with van der Waals surface area (Å²) in [6.07, 6.45) is 3.67. The quantitative estimate of drug-likeness (QED) is 0.680. The molecule has 3 aromatic rings. The molecule has 0 unspecified atom stereocenters. The van der Waals surface area contributed by atoms with Crippen LogP contribution in [0.15, 0.2) is 60.9 Å². The van der Waals surface area contributed by atoms with Gasteiger partial charge in [0.05, 0.1) is 6.54 Å². The molecule has 2 aromatic carbocycles. The Labute approximate surface area is 169 Å². The highest BCUT2D eigenvalue weighted by Crippen LogP contribution is 2.23. The Hall–Kier alpha value is -3.61. The number of amides is 3. The molecule has 1 aromatic heterocycles. The normalized spacial score (nSPS) is 13.4. The van der Waals surface area contributed by atoms with E-state index in [9.17, 15) is 9.59 Å². The molecule has 0 saturated carbocycles. The zero-order valence-electron chi connectivity index (χ0n) is 16.3. The summed E-state index contributed by atoms with van der Waals surface area (Å²) in [4.78, 5) is 26.3. The van der Waals surface area contributed by atoms with Crippen LogP contribution in [0.1, 0.15) is 27.0 Å². The van der Waals surface area contributed by atoms with Crippen molar-refractivity contribution in [1.29, 1.82) is 0 Å². The van der Waals surface area contributed by atoms with Crippen LogP contribution in [0, 0.1) is 6.92 Å². The van der Waals surface area contributed by atoms with E-state index in [2.05, 4.69) is 15.7 Å². The molecule has 3 amide bonds. The Morgan fingerprint density at radius 3 is 2.69 bits per heavy atom.